The monoisotopic (exact) mass is 449 g/mol. The van der Waals surface area contributed by atoms with Gasteiger partial charge in [0, 0.05) is 18.2 Å². The van der Waals surface area contributed by atoms with E-state index in [9.17, 15) is 9.18 Å². The van der Waals surface area contributed by atoms with Gasteiger partial charge in [-0.1, -0.05) is 96.6 Å². The molecule has 170 valence electrons. The summed E-state index contributed by atoms with van der Waals surface area (Å²) in [6, 6.07) is 31.4. The Bertz CT molecular complexity index is 1290. The van der Waals surface area contributed by atoms with Gasteiger partial charge in [0.1, 0.15) is 5.82 Å². The van der Waals surface area contributed by atoms with E-state index >= 15 is 0 Å². The molecule has 0 aromatic heterocycles. The number of carbonyl (C=O) groups is 1. The molecule has 0 radical (unpaired) electrons. The molecule has 3 heteroatoms. The fraction of sp³-hybridized carbons (Fsp3) is 0.194. The molecule has 4 aromatic carbocycles. The van der Waals surface area contributed by atoms with Crippen LogP contribution in [-0.4, -0.2) is 16.8 Å². The van der Waals surface area contributed by atoms with Crippen LogP contribution in [0.4, 0.5) is 4.39 Å². The highest BCUT2D eigenvalue weighted by Gasteiger charge is 2.30. The van der Waals surface area contributed by atoms with Gasteiger partial charge in [-0.15, -0.1) is 0 Å². The highest BCUT2D eigenvalue weighted by atomic mass is 19.1. The van der Waals surface area contributed by atoms with Crippen LogP contribution in [0.5, 0.6) is 0 Å². The zero-order valence-corrected chi connectivity index (χ0v) is 19.4. The van der Waals surface area contributed by atoms with Crippen LogP contribution in [-0.2, 0) is 30.6 Å². The maximum atomic E-state index is 14.6. The van der Waals surface area contributed by atoms with Gasteiger partial charge in [-0.3, -0.25) is 4.79 Å². The highest BCUT2D eigenvalue weighted by molar-refractivity contribution is 5.82. The molecule has 0 fully saturated rings. The minimum atomic E-state index is -0.273. The lowest BCUT2D eigenvalue weighted by molar-refractivity contribution is -0.133. The lowest BCUT2D eigenvalue weighted by Gasteiger charge is -2.30. The molecule has 0 saturated heterocycles. The van der Waals surface area contributed by atoms with Crippen molar-refractivity contribution in [1.29, 1.82) is 0 Å². The van der Waals surface area contributed by atoms with E-state index in [0.717, 1.165) is 29.5 Å². The number of rotatable bonds is 6. The van der Waals surface area contributed by atoms with Crippen molar-refractivity contribution >= 4 is 5.91 Å². The minimum absolute atomic E-state index is 0.0715. The Morgan fingerprint density at radius 2 is 1.38 bits per heavy atom. The normalized spacial score (nSPS) is 13.0. The first kappa shape index (κ1) is 22.1. The molecular weight excluding hydrogens is 421 g/mol. The van der Waals surface area contributed by atoms with Crippen molar-refractivity contribution in [3.05, 3.63) is 131 Å². The number of benzene rings is 4. The molecule has 4 aromatic rings. The molecule has 0 spiro atoms. The second-order valence-electron chi connectivity index (χ2n) is 9.15. The summed E-state index contributed by atoms with van der Waals surface area (Å²) in [5, 5.41) is 0. The lowest BCUT2D eigenvalue weighted by atomic mass is 9.96. The summed E-state index contributed by atoms with van der Waals surface area (Å²) in [5.41, 5.74) is 7.12. The predicted octanol–water partition coefficient (Wildman–Crippen LogP) is 6.54. The molecule has 0 saturated carbocycles. The van der Waals surface area contributed by atoms with Gasteiger partial charge in [0.15, 0.2) is 0 Å². The quantitative estimate of drug-likeness (QED) is 0.327. The second kappa shape index (κ2) is 9.64. The van der Waals surface area contributed by atoms with Crippen LogP contribution in [0.3, 0.4) is 0 Å². The molecule has 0 N–H and O–H groups in total. The molecule has 0 unspecified atom stereocenters. The molecule has 1 aliphatic rings. The van der Waals surface area contributed by atoms with Gasteiger partial charge < -0.3 is 4.90 Å². The molecule has 0 bridgehead atoms. The van der Waals surface area contributed by atoms with Crippen molar-refractivity contribution < 1.29 is 9.18 Å². The highest BCUT2D eigenvalue weighted by Crippen LogP contribution is 2.30. The summed E-state index contributed by atoms with van der Waals surface area (Å²) >= 11 is 0. The zero-order chi connectivity index (χ0) is 23.5. The Labute approximate surface area is 200 Å². The van der Waals surface area contributed by atoms with E-state index in [1.54, 1.807) is 12.1 Å². The van der Waals surface area contributed by atoms with E-state index in [-0.39, 0.29) is 24.2 Å². The lowest BCUT2D eigenvalue weighted by Crippen LogP contribution is -2.41. The van der Waals surface area contributed by atoms with Gasteiger partial charge in [-0.2, -0.15) is 0 Å². The maximum Gasteiger partial charge on any atom is 0.227 e. The van der Waals surface area contributed by atoms with Crippen molar-refractivity contribution in [3.8, 4) is 11.1 Å². The van der Waals surface area contributed by atoms with E-state index in [0.29, 0.717) is 12.1 Å². The van der Waals surface area contributed by atoms with Crippen molar-refractivity contribution in [1.82, 2.24) is 4.90 Å². The molecule has 0 aliphatic heterocycles. The number of hydrogen-bond acceptors (Lipinski definition) is 1. The van der Waals surface area contributed by atoms with Gasteiger partial charge in [0.25, 0.3) is 0 Å². The van der Waals surface area contributed by atoms with Gasteiger partial charge in [-0.25, -0.2) is 4.39 Å². The van der Waals surface area contributed by atoms with Crippen LogP contribution >= 0.6 is 0 Å². The molecule has 0 heterocycles. The Hall–Kier alpha value is -3.72. The summed E-state index contributed by atoms with van der Waals surface area (Å²) in [6.45, 7) is 2.64. The van der Waals surface area contributed by atoms with Gasteiger partial charge in [0.2, 0.25) is 5.91 Å². The Morgan fingerprint density at radius 1 is 0.794 bits per heavy atom. The number of fused-ring (bicyclic) bond motifs is 1. The Balaban J connectivity index is 1.45. The summed E-state index contributed by atoms with van der Waals surface area (Å²) in [6.07, 6.45) is 1.97. The van der Waals surface area contributed by atoms with Crippen LogP contribution in [0.2, 0.25) is 0 Å². The first-order valence-corrected chi connectivity index (χ1v) is 11.8. The fourth-order valence-corrected chi connectivity index (χ4v) is 4.95. The average Bonchev–Trinajstić information content (AvgIpc) is 3.28. The molecule has 1 aliphatic carbocycles. The van der Waals surface area contributed by atoms with Crippen LogP contribution < -0.4 is 0 Å². The number of aryl methyl sites for hydroxylation is 1. The standard InChI is InChI=1S/C31H28FNO/c1-22-14-16-23(17-15-22)21-33(27-18-24-8-2-3-9-25(24)19-27)31(34)20-26-10-4-5-11-28(26)29-12-6-7-13-30(29)32/h2-17,27H,18-21H2,1H3. The van der Waals surface area contributed by atoms with Crippen molar-refractivity contribution in [2.75, 3.05) is 0 Å². The van der Waals surface area contributed by atoms with Crippen molar-refractivity contribution in [3.63, 3.8) is 0 Å². The molecule has 2 nitrogen and oxygen atoms in total. The topological polar surface area (TPSA) is 20.3 Å². The third-order valence-corrected chi connectivity index (χ3v) is 6.79. The van der Waals surface area contributed by atoms with Crippen molar-refractivity contribution in [2.24, 2.45) is 0 Å². The fourth-order valence-electron chi connectivity index (χ4n) is 4.95. The first-order valence-electron chi connectivity index (χ1n) is 11.8. The van der Waals surface area contributed by atoms with Gasteiger partial charge >= 0.3 is 0 Å². The van der Waals surface area contributed by atoms with E-state index in [1.165, 1.54) is 22.8 Å². The molecular formula is C31H28FNO. The summed E-state index contributed by atoms with van der Waals surface area (Å²) in [5.74, 6) is -0.202. The summed E-state index contributed by atoms with van der Waals surface area (Å²) in [4.78, 5) is 15.9. The van der Waals surface area contributed by atoms with Crippen LogP contribution in [0, 0.1) is 12.7 Å². The van der Waals surface area contributed by atoms with Crippen LogP contribution in [0.25, 0.3) is 11.1 Å². The third-order valence-electron chi connectivity index (χ3n) is 6.79. The van der Waals surface area contributed by atoms with Crippen LogP contribution in [0.1, 0.15) is 27.8 Å². The number of hydrogen-bond donors (Lipinski definition) is 0. The molecule has 5 rings (SSSR count). The largest absolute Gasteiger partial charge is 0.334 e. The summed E-state index contributed by atoms with van der Waals surface area (Å²) < 4.78 is 14.6. The smallest absolute Gasteiger partial charge is 0.227 e. The number of nitrogens with zero attached hydrogens (tertiary/aromatic N) is 1. The number of carbonyl (C=O) groups excluding carboxylic acids is 1. The second-order valence-corrected chi connectivity index (χ2v) is 9.15. The maximum absolute atomic E-state index is 14.6. The van der Waals surface area contributed by atoms with E-state index < -0.39 is 0 Å². The SMILES string of the molecule is Cc1ccc(CN(C(=O)Cc2ccccc2-c2ccccc2F)C2Cc3ccccc3C2)cc1. The van der Waals surface area contributed by atoms with E-state index in [4.69, 9.17) is 0 Å². The predicted molar refractivity (Wildman–Crippen MR) is 135 cm³/mol. The molecule has 34 heavy (non-hydrogen) atoms. The Morgan fingerprint density at radius 3 is 2.06 bits per heavy atom. The zero-order valence-electron chi connectivity index (χ0n) is 19.4. The van der Waals surface area contributed by atoms with E-state index in [1.807, 2.05) is 35.2 Å². The minimum Gasteiger partial charge on any atom is -0.334 e. The van der Waals surface area contributed by atoms with Gasteiger partial charge in [0.05, 0.1) is 6.42 Å². The molecule has 0 atom stereocenters. The van der Waals surface area contributed by atoms with Crippen molar-refractivity contribution in [2.45, 2.75) is 38.8 Å². The third kappa shape index (κ3) is 4.65. The van der Waals surface area contributed by atoms with E-state index in [2.05, 4.69) is 55.5 Å². The number of amides is 1. The average molecular weight is 450 g/mol. The van der Waals surface area contributed by atoms with Crippen LogP contribution in [0.15, 0.2) is 97.1 Å². The molecule has 1 amide bonds. The Kier molecular flexibility index (Phi) is 6.27. The number of halogens is 1. The first-order chi connectivity index (χ1) is 16.6. The van der Waals surface area contributed by atoms with Gasteiger partial charge in [-0.05, 0) is 53.6 Å². The summed E-state index contributed by atoms with van der Waals surface area (Å²) in [7, 11) is 0.